The zero-order valence-corrected chi connectivity index (χ0v) is 19.0. The fourth-order valence-corrected chi connectivity index (χ4v) is 4.78. The SMILES string of the molecule is CCOc1ccc(-c2c(C)sc3nc(C)nc(Nc4ccc(C(F)(F)F)cc4Cl)c23)cc1. The Balaban J connectivity index is 1.82. The Morgan fingerprint density at radius 2 is 1.78 bits per heavy atom. The van der Waals surface area contributed by atoms with Crippen LogP contribution in [-0.4, -0.2) is 16.6 Å². The lowest BCUT2D eigenvalue weighted by Gasteiger charge is -2.13. The number of nitrogens with one attached hydrogen (secondary N) is 1. The van der Waals surface area contributed by atoms with Crippen LogP contribution in [0.25, 0.3) is 21.3 Å². The molecule has 0 saturated heterocycles. The summed E-state index contributed by atoms with van der Waals surface area (Å²) >= 11 is 7.70. The van der Waals surface area contributed by atoms with Gasteiger partial charge in [0.25, 0.3) is 0 Å². The molecular formula is C23H19ClF3N3OS. The molecule has 0 unspecified atom stereocenters. The molecular weight excluding hydrogens is 459 g/mol. The van der Waals surface area contributed by atoms with Crippen molar-refractivity contribution in [1.29, 1.82) is 0 Å². The molecule has 0 bridgehead atoms. The minimum atomic E-state index is -4.47. The first-order valence-corrected chi connectivity index (χ1v) is 11.0. The lowest BCUT2D eigenvalue weighted by Crippen LogP contribution is -2.05. The zero-order chi connectivity index (χ0) is 23.0. The first kappa shape index (κ1) is 22.4. The van der Waals surface area contributed by atoms with E-state index in [1.54, 1.807) is 6.92 Å². The molecule has 32 heavy (non-hydrogen) atoms. The molecule has 0 radical (unpaired) electrons. The molecule has 2 aromatic heterocycles. The van der Waals surface area contributed by atoms with Gasteiger partial charge in [-0.25, -0.2) is 9.97 Å². The van der Waals surface area contributed by atoms with E-state index < -0.39 is 11.7 Å². The number of rotatable bonds is 5. The number of ether oxygens (including phenoxy) is 1. The number of aromatic nitrogens is 2. The summed E-state index contributed by atoms with van der Waals surface area (Å²) in [5.41, 5.74) is 1.45. The highest BCUT2D eigenvalue weighted by Crippen LogP contribution is 2.42. The van der Waals surface area contributed by atoms with Gasteiger partial charge in [-0.3, -0.25) is 0 Å². The van der Waals surface area contributed by atoms with E-state index in [4.69, 9.17) is 16.3 Å². The van der Waals surface area contributed by atoms with Gasteiger partial charge in [-0.15, -0.1) is 11.3 Å². The Morgan fingerprint density at radius 3 is 2.41 bits per heavy atom. The van der Waals surface area contributed by atoms with Crippen LogP contribution in [0.3, 0.4) is 0 Å². The van der Waals surface area contributed by atoms with Gasteiger partial charge in [0.2, 0.25) is 0 Å². The van der Waals surface area contributed by atoms with Gasteiger partial charge in [-0.2, -0.15) is 13.2 Å². The number of hydrogen-bond donors (Lipinski definition) is 1. The monoisotopic (exact) mass is 477 g/mol. The van der Waals surface area contributed by atoms with Gasteiger partial charge in [0.05, 0.1) is 28.3 Å². The maximum absolute atomic E-state index is 13.0. The number of halogens is 4. The summed E-state index contributed by atoms with van der Waals surface area (Å²) in [6, 6.07) is 10.9. The Kier molecular flexibility index (Phi) is 6.01. The molecule has 0 aliphatic rings. The van der Waals surface area contributed by atoms with E-state index in [0.717, 1.165) is 44.1 Å². The summed E-state index contributed by atoms with van der Waals surface area (Å²) in [5.74, 6) is 1.81. The number of nitrogens with zero attached hydrogens (tertiary/aromatic N) is 2. The molecule has 2 heterocycles. The molecule has 0 spiro atoms. The Hall–Kier alpha value is -2.84. The van der Waals surface area contributed by atoms with Gasteiger partial charge in [0.1, 0.15) is 22.2 Å². The molecule has 0 aliphatic carbocycles. The van der Waals surface area contributed by atoms with Crippen molar-refractivity contribution in [2.75, 3.05) is 11.9 Å². The van der Waals surface area contributed by atoms with Crippen LogP contribution in [0.5, 0.6) is 5.75 Å². The predicted molar refractivity (Wildman–Crippen MR) is 123 cm³/mol. The van der Waals surface area contributed by atoms with E-state index in [1.165, 1.54) is 17.4 Å². The van der Waals surface area contributed by atoms with E-state index >= 15 is 0 Å². The van der Waals surface area contributed by atoms with Crippen molar-refractivity contribution in [3.05, 3.63) is 63.8 Å². The van der Waals surface area contributed by atoms with Gasteiger partial charge in [-0.05, 0) is 56.7 Å². The van der Waals surface area contributed by atoms with Crippen LogP contribution in [0.15, 0.2) is 42.5 Å². The molecule has 2 aromatic carbocycles. The largest absolute Gasteiger partial charge is 0.494 e. The second-order valence-corrected chi connectivity index (χ2v) is 8.72. The topological polar surface area (TPSA) is 47.0 Å². The van der Waals surface area contributed by atoms with Crippen molar-refractivity contribution in [2.45, 2.75) is 26.9 Å². The van der Waals surface area contributed by atoms with Crippen LogP contribution in [0.1, 0.15) is 23.2 Å². The van der Waals surface area contributed by atoms with E-state index in [0.29, 0.717) is 23.9 Å². The molecule has 0 fully saturated rings. The van der Waals surface area contributed by atoms with Crippen molar-refractivity contribution >= 4 is 44.7 Å². The second kappa shape index (κ2) is 8.60. The third-order valence-corrected chi connectivity index (χ3v) is 6.15. The summed E-state index contributed by atoms with van der Waals surface area (Å²) < 4.78 is 44.5. The minimum Gasteiger partial charge on any atom is -0.494 e. The molecule has 0 aliphatic heterocycles. The molecule has 9 heteroatoms. The minimum absolute atomic E-state index is 0.0428. The van der Waals surface area contributed by atoms with E-state index in [2.05, 4.69) is 15.3 Å². The van der Waals surface area contributed by atoms with Crippen LogP contribution < -0.4 is 10.1 Å². The average molecular weight is 478 g/mol. The molecule has 4 nitrogen and oxygen atoms in total. The van der Waals surface area contributed by atoms with Crippen LogP contribution in [0, 0.1) is 13.8 Å². The molecule has 1 N–H and O–H groups in total. The molecule has 4 aromatic rings. The fourth-order valence-electron chi connectivity index (χ4n) is 3.46. The maximum Gasteiger partial charge on any atom is 0.416 e. The van der Waals surface area contributed by atoms with Gasteiger partial charge in [0, 0.05) is 10.4 Å². The molecule has 166 valence electrons. The summed E-state index contributed by atoms with van der Waals surface area (Å²) in [6.07, 6.45) is -4.47. The first-order valence-electron chi connectivity index (χ1n) is 9.82. The lowest BCUT2D eigenvalue weighted by atomic mass is 10.0. The molecule has 0 atom stereocenters. The van der Waals surface area contributed by atoms with Crippen LogP contribution in [0.4, 0.5) is 24.7 Å². The number of fused-ring (bicyclic) bond motifs is 1. The Bertz CT molecular complexity index is 1290. The van der Waals surface area contributed by atoms with Crippen LogP contribution in [-0.2, 0) is 6.18 Å². The third-order valence-electron chi connectivity index (χ3n) is 4.84. The predicted octanol–water partition coefficient (Wildman–Crippen LogP) is 7.79. The highest BCUT2D eigenvalue weighted by molar-refractivity contribution is 7.19. The van der Waals surface area contributed by atoms with Gasteiger partial charge >= 0.3 is 6.18 Å². The number of anilines is 2. The fraction of sp³-hybridized carbons (Fsp3) is 0.217. The van der Waals surface area contributed by atoms with Crippen LogP contribution >= 0.6 is 22.9 Å². The number of alkyl halides is 3. The van der Waals surface area contributed by atoms with Gasteiger partial charge in [-0.1, -0.05) is 23.7 Å². The van der Waals surface area contributed by atoms with Crippen molar-refractivity contribution in [3.8, 4) is 16.9 Å². The second-order valence-electron chi connectivity index (χ2n) is 7.11. The third kappa shape index (κ3) is 4.38. The summed E-state index contributed by atoms with van der Waals surface area (Å²) in [7, 11) is 0. The van der Waals surface area contributed by atoms with Crippen molar-refractivity contribution < 1.29 is 17.9 Å². The molecule has 4 rings (SSSR count). The van der Waals surface area contributed by atoms with Crippen molar-refractivity contribution in [2.24, 2.45) is 0 Å². The average Bonchev–Trinajstić information content (AvgIpc) is 3.05. The summed E-state index contributed by atoms with van der Waals surface area (Å²) in [5, 5.41) is 3.87. The van der Waals surface area contributed by atoms with Gasteiger partial charge < -0.3 is 10.1 Å². The summed E-state index contributed by atoms with van der Waals surface area (Å²) in [4.78, 5) is 10.9. The van der Waals surface area contributed by atoms with E-state index in [1.807, 2.05) is 38.1 Å². The Morgan fingerprint density at radius 1 is 1.06 bits per heavy atom. The highest BCUT2D eigenvalue weighted by Gasteiger charge is 2.31. The zero-order valence-electron chi connectivity index (χ0n) is 17.5. The smallest absolute Gasteiger partial charge is 0.416 e. The first-order chi connectivity index (χ1) is 15.2. The lowest BCUT2D eigenvalue weighted by molar-refractivity contribution is -0.137. The quantitative estimate of drug-likeness (QED) is 0.318. The number of benzene rings is 2. The van der Waals surface area contributed by atoms with E-state index in [9.17, 15) is 13.2 Å². The number of aryl methyl sites for hydroxylation is 2. The normalized spacial score (nSPS) is 11.7. The standard InChI is InChI=1S/C23H19ClF3N3OS/c1-4-31-16-8-5-14(6-9-16)19-12(2)32-22-20(19)21(28-13(3)29-22)30-18-10-7-15(11-17(18)24)23(25,26)27/h5-11H,4H2,1-3H3,(H,28,29,30). The number of hydrogen-bond acceptors (Lipinski definition) is 5. The van der Waals surface area contributed by atoms with Crippen LogP contribution in [0.2, 0.25) is 5.02 Å². The van der Waals surface area contributed by atoms with Gasteiger partial charge in [0.15, 0.2) is 0 Å². The van der Waals surface area contributed by atoms with Crippen molar-refractivity contribution in [1.82, 2.24) is 9.97 Å². The Labute approximate surface area is 192 Å². The summed E-state index contributed by atoms with van der Waals surface area (Å²) in [6.45, 7) is 6.27. The van der Waals surface area contributed by atoms with Crippen molar-refractivity contribution in [3.63, 3.8) is 0 Å². The maximum atomic E-state index is 13.0. The highest BCUT2D eigenvalue weighted by atomic mass is 35.5. The van der Waals surface area contributed by atoms with E-state index in [-0.39, 0.29) is 5.02 Å². The number of thiophene rings is 1. The molecule has 0 amide bonds. The molecule has 0 saturated carbocycles.